The van der Waals surface area contributed by atoms with Crippen LogP contribution >= 0.6 is 0 Å². The molecule has 4 nitrogen and oxygen atoms in total. The number of hydrogen-bond donors (Lipinski definition) is 1. The number of sulfone groups is 1. The van der Waals surface area contributed by atoms with Crippen LogP contribution in [-0.4, -0.2) is 32.0 Å². The average molecular weight is 270 g/mol. The lowest BCUT2D eigenvalue weighted by atomic mass is 9.99. The molecule has 5 heteroatoms. The molecule has 0 spiro atoms. The Balaban J connectivity index is 2.89. The van der Waals surface area contributed by atoms with Crippen molar-refractivity contribution in [2.45, 2.75) is 32.7 Å². The highest BCUT2D eigenvalue weighted by Crippen LogP contribution is 2.21. The highest BCUT2D eigenvalue weighted by Gasteiger charge is 2.16. The van der Waals surface area contributed by atoms with Crippen LogP contribution in [-0.2, 0) is 16.3 Å². The fourth-order valence-corrected chi connectivity index (χ4v) is 2.68. The van der Waals surface area contributed by atoms with Gasteiger partial charge in [-0.15, -0.1) is 0 Å². The highest BCUT2D eigenvalue weighted by atomic mass is 32.2. The predicted octanol–water partition coefficient (Wildman–Crippen LogP) is 1.73. The Labute approximate surface area is 110 Å². The minimum absolute atomic E-state index is 0.0858. The summed E-state index contributed by atoms with van der Waals surface area (Å²) in [7, 11) is -2.92. The lowest BCUT2D eigenvalue weighted by Crippen LogP contribution is -2.24. The van der Waals surface area contributed by atoms with E-state index in [0.29, 0.717) is 6.42 Å². The zero-order valence-electron chi connectivity index (χ0n) is 11.3. The SMILES string of the molecule is CCNC(CCS(C)(=O)=O)c1ccncc1CC. The van der Waals surface area contributed by atoms with E-state index in [0.717, 1.165) is 18.5 Å². The van der Waals surface area contributed by atoms with Crippen molar-refractivity contribution in [1.29, 1.82) is 0 Å². The Bertz CT molecular complexity index is 472. The molecule has 0 saturated carbocycles. The molecule has 1 unspecified atom stereocenters. The molecule has 1 N–H and O–H groups in total. The standard InChI is InChI=1S/C13H22N2O2S/c1-4-11-10-14-8-6-12(11)13(15-5-2)7-9-18(3,16)17/h6,8,10,13,15H,4-5,7,9H2,1-3H3. The molecule has 1 rings (SSSR count). The first-order valence-electron chi connectivity index (χ1n) is 6.31. The van der Waals surface area contributed by atoms with E-state index in [1.54, 1.807) is 6.20 Å². The third kappa shape index (κ3) is 4.74. The van der Waals surface area contributed by atoms with Crippen LogP contribution in [0, 0.1) is 0 Å². The second kappa shape index (κ2) is 6.85. The molecule has 18 heavy (non-hydrogen) atoms. The molecule has 1 heterocycles. The van der Waals surface area contributed by atoms with Gasteiger partial charge in [0, 0.05) is 24.7 Å². The van der Waals surface area contributed by atoms with E-state index in [4.69, 9.17) is 0 Å². The number of aryl methyl sites for hydroxylation is 1. The molecule has 1 atom stereocenters. The van der Waals surface area contributed by atoms with Gasteiger partial charge in [-0.25, -0.2) is 8.42 Å². The zero-order chi connectivity index (χ0) is 13.6. The van der Waals surface area contributed by atoms with Crippen molar-refractivity contribution >= 4 is 9.84 Å². The maximum Gasteiger partial charge on any atom is 0.147 e. The number of pyridine rings is 1. The maximum absolute atomic E-state index is 11.3. The van der Waals surface area contributed by atoms with Crippen LogP contribution in [0.2, 0.25) is 0 Å². The van der Waals surface area contributed by atoms with E-state index in [1.807, 2.05) is 19.2 Å². The van der Waals surface area contributed by atoms with Crippen LogP contribution in [0.4, 0.5) is 0 Å². The molecule has 1 aromatic rings. The number of rotatable bonds is 7. The van der Waals surface area contributed by atoms with Crippen molar-refractivity contribution < 1.29 is 8.42 Å². The fraction of sp³-hybridized carbons (Fsp3) is 0.615. The molecule has 0 aliphatic carbocycles. The van der Waals surface area contributed by atoms with Gasteiger partial charge in [0.2, 0.25) is 0 Å². The molecule has 1 aromatic heterocycles. The number of hydrogen-bond acceptors (Lipinski definition) is 4. The van der Waals surface area contributed by atoms with Crippen molar-refractivity contribution in [2.24, 2.45) is 0 Å². The third-order valence-electron chi connectivity index (χ3n) is 2.93. The first-order valence-corrected chi connectivity index (χ1v) is 8.37. The van der Waals surface area contributed by atoms with Gasteiger partial charge in [0.15, 0.2) is 0 Å². The molecule has 102 valence electrons. The van der Waals surface area contributed by atoms with Gasteiger partial charge in [-0.2, -0.15) is 0 Å². The van der Waals surface area contributed by atoms with Crippen molar-refractivity contribution in [2.75, 3.05) is 18.6 Å². The summed E-state index contributed by atoms with van der Waals surface area (Å²) >= 11 is 0. The monoisotopic (exact) mass is 270 g/mol. The van der Waals surface area contributed by atoms with Gasteiger partial charge in [0.25, 0.3) is 0 Å². The minimum Gasteiger partial charge on any atom is -0.310 e. The highest BCUT2D eigenvalue weighted by molar-refractivity contribution is 7.90. The van der Waals surface area contributed by atoms with E-state index in [-0.39, 0.29) is 11.8 Å². The molecule has 0 radical (unpaired) electrons. The molecule has 0 amide bonds. The molecular formula is C13H22N2O2S. The second-order valence-corrected chi connectivity index (χ2v) is 6.72. The van der Waals surface area contributed by atoms with E-state index in [9.17, 15) is 8.42 Å². The summed E-state index contributed by atoms with van der Waals surface area (Å²) in [5.41, 5.74) is 2.34. The van der Waals surface area contributed by atoms with Gasteiger partial charge in [-0.3, -0.25) is 4.98 Å². The smallest absolute Gasteiger partial charge is 0.147 e. The van der Waals surface area contributed by atoms with Crippen LogP contribution in [0.25, 0.3) is 0 Å². The van der Waals surface area contributed by atoms with Crippen LogP contribution in [0.3, 0.4) is 0 Å². The largest absolute Gasteiger partial charge is 0.310 e. The van der Waals surface area contributed by atoms with Gasteiger partial charge in [-0.1, -0.05) is 13.8 Å². The molecule has 0 aliphatic rings. The predicted molar refractivity (Wildman–Crippen MR) is 74.4 cm³/mol. The lowest BCUT2D eigenvalue weighted by Gasteiger charge is -2.20. The molecule has 0 fully saturated rings. The van der Waals surface area contributed by atoms with Crippen molar-refractivity contribution in [1.82, 2.24) is 10.3 Å². The number of nitrogens with one attached hydrogen (secondary N) is 1. The van der Waals surface area contributed by atoms with Gasteiger partial charge in [-0.05, 0) is 36.6 Å². The second-order valence-electron chi connectivity index (χ2n) is 4.46. The van der Waals surface area contributed by atoms with Gasteiger partial charge >= 0.3 is 0 Å². The summed E-state index contributed by atoms with van der Waals surface area (Å²) in [4.78, 5) is 4.12. The van der Waals surface area contributed by atoms with Crippen molar-refractivity contribution in [3.8, 4) is 0 Å². The van der Waals surface area contributed by atoms with Crippen LogP contribution in [0.5, 0.6) is 0 Å². The third-order valence-corrected chi connectivity index (χ3v) is 3.90. The molecule has 0 aliphatic heterocycles. The van der Waals surface area contributed by atoms with Gasteiger partial charge in [0.05, 0.1) is 5.75 Å². The summed E-state index contributed by atoms with van der Waals surface area (Å²) in [5, 5.41) is 3.35. The molecular weight excluding hydrogens is 248 g/mol. The Morgan fingerprint density at radius 2 is 2.11 bits per heavy atom. The average Bonchev–Trinajstić information content (AvgIpc) is 2.33. The summed E-state index contributed by atoms with van der Waals surface area (Å²) < 4.78 is 22.6. The lowest BCUT2D eigenvalue weighted by molar-refractivity contribution is 0.526. The fourth-order valence-electron chi connectivity index (χ4n) is 2.02. The Morgan fingerprint density at radius 1 is 1.39 bits per heavy atom. The Kier molecular flexibility index (Phi) is 5.75. The summed E-state index contributed by atoms with van der Waals surface area (Å²) in [6.07, 6.45) is 6.41. The Morgan fingerprint density at radius 3 is 2.67 bits per heavy atom. The van der Waals surface area contributed by atoms with E-state index in [2.05, 4.69) is 17.2 Å². The normalized spacial score (nSPS) is 13.5. The maximum atomic E-state index is 11.3. The zero-order valence-corrected chi connectivity index (χ0v) is 12.1. The summed E-state index contributed by atoms with van der Waals surface area (Å²) in [6, 6.07) is 2.07. The van der Waals surface area contributed by atoms with Crippen molar-refractivity contribution in [3.05, 3.63) is 29.6 Å². The topological polar surface area (TPSA) is 59.1 Å². The first kappa shape index (κ1) is 15.1. The summed E-state index contributed by atoms with van der Waals surface area (Å²) in [5.74, 6) is 0.205. The summed E-state index contributed by atoms with van der Waals surface area (Å²) in [6.45, 7) is 4.93. The molecule has 0 saturated heterocycles. The number of nitrogens with zero attached hydrogens (tertiary/aromatic N) is 1. The van der Waals surface area contributed by atoms with Crippen LogP contribution in [0.15, 0.2) is 18.5 Å². The van der Waals surface area contributed by atoms with Gasteiger partial charge in [0.1, 0.15) is 9.84 Å². The Hall–Kier alpha value is -0.940. The molecule has 0 bridgehead atoms. The van der Waals surface area contributed by atoms with E-state index >= 15 is 0 Å². The van der Waals surface area contributed by atoms with Crippen LogP contribution < -0.4 is 5.32 Å². The van der Waals surface area contributed by atoms with Crippen LogP contribution in [0.1, 0.15) is 37.4 Å². The molecule has 0 aromatic carbocycles. The first-order chi connectivity index (χ1) is 8.48. The van der Waals surface area contributed by atoms with Crippen molar-refractivity contribution in [3.63, 3.8) is 0 Å². The minimum atomic E-state index is -2.92. The van der Waals surface area contributed by atoms with E-state index in [1.165, 1.54) is 11.8 Å². The quantitative estimate of drug-likeness (QED) is 0.819. The van der Waals surface area contributed by atoms with E-state index < -0.39 is 9.84 Å². The number of aromatic nitrogens is 1. The van der Waals surface area contributed by atoms with Gasteiger partial charge < -0.3 is 5.32 Å².